The second-order valence-corrected chi connectivity index (χ2v) is 2.33. The van der Waals surface area contributed by atoms with Gasteiger partial charge in [-0.2, -0.15) is 0 Å². The summed E-state index contributed by atoms with van der Waals surface area (Å²) in [5.41, 5.74) is 0. The zero-order chi connectivity index (χ0) is 8.27. The Morgan fingerprint density at radius 1 is 1.45 bits per heavy atom. The molecule has 60 valence electrons. The minimum atomic E-state index is -0.0635. The maximum absolute atomic E-state index is 11.0. The van der Waals surface area contributed by atoms with E-state index in [2.05, 4.69) is 0 Å². The van der Waals surface area contributed by atoms with E-state index in [1.165, 1.54) is 6.08 Å². The third-order valence-electron chi connectivity index (χ3n) is 1.47. The SMILES string of the molecule is CCOC1=CC(=O)CCC1=O. The Hall–Kier alpha value is -1.12. The largest absolute Gasteiger partial charge is 0.490 e. The summed E-state index contributed by atoms with van der Waals surface area (Å²) in [4.78, 5) is 21.8. The first-order valence-corrected chi connectivity index (χ1v) is 3.64. The molecular weight excluding hydrogens is 144 g/mol. The van der Waals surface area contributed by atoms with Crippen molar-refractivity contribution in [3.05, 3.63) is 11.8 Å². The van der Waals surface area contributed by atoms with Gasteiger partial charge in [0.05, 0.1) is 6.61 Å². The molecule has 0 saturated carbocycles. The summed E-state index contributed by atoms with van der Waals surface area (Å²) in [6.45, 7) is 2.22. The molecule has 0 spiro atoms. The van der Waals surface area contributed by atoms with Gasteiger partial charge in [0.15, 0.2) is 17.3 Å². The van der Waals surface area contributed by atoms with Gasteiger partial charge in [-0.3, -0.25) is 9.59 Å². The lowest BCUT2D eigenvalue weighted by molar-refractivity contribution is -0.124. The Bertz CT molecular complexity index is 215. The van der Waals surface area contributed by atoms with Crippen LogP contribution in [0.15, 0.2) is 11.8 Å². The first-order valence-electron chi connectivity index (χ1n) is 3.64. The van der Waals surface area contributed by atoms with Crippen molar-refractivity contribution < 1.29 is 14.3 Å². The molecule has 3 nitrogen and oxygen atoms in total. The van der Waals surface area contributed by atoms with Gasteiger partial charge < -0.3 is 4.74 Å². The van der Waals surface area contributed by atoms with Crippen molar-refractivity contribution in [3.8, 4) is 0 Å². The lowest BCUT2D eigenvalue weighted by Gasteiger charge is -2.10. The summed E-state index contributed by atoms with van der Waals surface area (Å²) in [6.07, 6.45) is 1.91. The second-order valence-electron chi connectivity index (χ2n) is 2.33. The Labute approximate surface area is 65.0 Å². The zero-order valence-electron chi connectivity index (χ0n) is 6.42. The highest BCUT2D eigenvalue weighted by atomic mass is 16.5. The first-order chi connectivity index (χ1) is 5.24. The molecule has 0 aromatic rings. The molecule has 0 saturated heterocycles. The van der Waals surface area contributed by atoms with Gasteiger partial charge in [0.25, 0.3) is 0 Å². The Morgan fingerprint density at radius 3 is 2.82 bits per heavy atom. The van der Waals surface area contributed by atoms with E-state index in [9.17, 15) is 9.59 Å². The number of hydrogen-bond acceptors (Lipinski definition) is 3. The minimum absolute atomic E-state index is 0.0203. The predicted octanol–water partition coefficient (Wildman–Crippen LogP) is 0.839. The summed E-state index contributed by atoms with van der Waals surface area (Å²) < 4.78 is 4.96. The van der Waals surface area contributed by atoms with E-state index in [1.807, 2.05) is 0 Å². The molecule has 0 atom stereocenters. The van der Waals surface area contributed by atoms with Crippen molar-refractivity contribution in [1.29, 1.82) is 0 Å². The summed E-state index contributed by atoms with van der Waals surface area (Å²) in [5.74, 6) is 0.142. The molecule has 3 heteroatoms. The molecule has 0 aromatic carbocycles. The van der Waals surface area contributed by atoms with E-state index in [0.717, 1.165) is 0 Å². The van der Waals surface area contributed by atoms with Crippen molar-refractivity contribution in [2.45, 2.75) is 19.8 Å². The van der Waals surface area contributed by atoms with E-state index in [4.69, 9.17) is 4.74 Å². The van der Waals surface area contributed by atoms with E-state index in [1.54, 1.807) is 6.92 Å². The van der Waals surface area contributed by atoms with E-state index >= 15 is 0 Å². The van der Waals surface area contributed by atoms with Crippen LogP contribution in [0.4, 0.5) is 0 Å². The van der Waals surface area contributed by atoms with Crippen molar-refractivity contribution in [2.24, 2.45) is 0 Å². The topological polar surface area (TPSA) is 43.4 Å². The maximum Gasteiger partial charge on any atom is 0.197 e. The van der Waals surface area contributed by atoms with Gasteiger partial charge in [0, 0.05) is 18.9 Å². The monoisotopic (exact) mass is 154 g/mol. The molecule has 0 radical (unpaired) electrons. The lowest BCUT2D eigenvalue weighted by atomic mass is 10.0. The van der Waals surface area contributed by atoms with Crippen LogP contribution in [0.3, 0.4) is 0 Å². The van der Waals surface area contributed by atoms with Crippen molar-refractivity contribution in [3.63, 3.8) is 0 Å². The second kappa shape index (κ2) is 3.32. The Balaban J connectivity index is 2.71. The Kier molecular flexibility index (Phi) is 2.41. The average molecular weight is 154 g/mol. The standard InChI is InChI=1S/C8H10O3/c1-2-11-8-5-6(9)3-4-7(8)10/h5H,2-4H2,1H3. The quantitative estimate of drug-likeness (QED) is 0.592. The fourth-order valence-corrected chi connectivity index (χ4v) is 0.936. The van der Waals surface area contributed by atoms with Crippen molar-refractivity contribution in [1.82, 2.24) is 0 Å². The van der Waals surface area contributed by atoms with Gasteiger partial charge in [-0.15, -0.1) is 0 Å². The van der Waals surface area contributed by atoms with Gasteiger partial charge in [-0.05, 0) is 6.92 Å². The third-order valence-corrected chi connectivity index (χ3v) is 1.47. The average Bonchev–Trinajstić information content (AvgIpc) is 1.98. The van der Waals surface area contributed by atoms with E-state index in [-0.39, 0.29) is 17.3 Å². The lowest BCUT2D eigenvalue weighted by Crippen LogP contribution is -2.15. The van der Waals surface area contributed by atoms with Crippen LogP contribution in [0, 0.1) is 0 Å². The molecule has 0 unspecified atom stereocenters. The predicted molar refractivity (Wildman–Crippen MR) is 39.0 cm³/mol. The molecule has 11 heavy (non-hydrogen) atoms. The third kappa shape index (κ3) is 1.90. The number of rotatable bonds is 2. The summed E-state index contributed by atoms with van der Waals surface area (Å²) in [6, 6.07) is 0. The van der Waals surface area contributed by atoms with Crippen LogP contribution in [-0.2, 0) is 14.3 Å². The minimum Gasteiger partial charge on any atom is -0.490 e. The number of allylic oxidation sites excluding steroid dienone is 2. The molecule has 0 amide bonds. The number of carbonyl (C=O) groups excluding carboxylic acids is 2. The van der Waals surface area contributed by atoms with Crippen molar-refractivity contribution in [2.75, 3.05) is 6.61 Å². The van der Waals surface area contributed by atoms with Crippen LogP contribution < -0.4 is 0 Å². The molecule has 0 N–H and O–H groups in total. The van der Waals surface area contributed by atoms with E-state index < -0.39 is 0 Å². The maximum atomic E-state index is 11.0. The van der Waals surface area contributed by atoms with Crippen LogP contribution in [-0.4, -0.2) is 18.2 Å². The van der Waals surface area contributed by atoms with Gasteiger partial charge in [0.2, 0.25) is 0 Å². The molecule has 1 aliphatic rings. The summed E-state index contributed by atoms with van der Waals surface area (Å²) in [5, 5.41) is 0. The van der Waals surface area contributed by atoms with Gasteiger partial charge in [-0.1, -0.05) is 0 Å². The molecule has 0 heterocycles. The van der Waals surface area contributed by atoms with Crippen LogP contribution in [0.2, 0.25) is 0 Å². The smallest absolute Gasteiger partial charge is 0.197 e. The van der Waals surface area contributed by atoms with Crippen LogP contribution in [0.5, 0.6) is 0 Å². The summed E-state index contributed by atoms with van der Waals surface area (Å²) >= 11 is 0. The van der Waals surface area contributed by atoms with Crippen molar-refractivity contribution >= 4 is 11.6 Å². The highest BCUT2D eigenvalue weighted by molar-refractivity contribution is 6.06. The summed E-state index contributed by atoms with van der Waals surface area (Å²) in [7, 11) is 0. The van der Waals surface area contributed by atoms with Crippen LogP contribution >= 0.6 is 0 Å². The van der Waals surface area contributed by atoms with Gasteiger partial charge >= 0.3 is 0 Å². The number of Topliss-reactive ketones (excluding diaryl/α,β-unsaturated/α-hetero) is 1. The van der Waals surface area contributed by atoms with Gasteiger partial charge in [0.1, 0.15) is 0 Å². The highest BCUT2D eigenvalue weighted by Gasteiger charge is 2.18. The normalized spacial score (nSPS) is 18.1. The van der Waals surface area contributed by atoms with E-state index in [0.29, 0.717) is 19.4 Å². The number of carbonyl (C=O) groups is 2. The zero-order valence-corrected chi connectivity index (χ0v) is 6.42. The van der Waals surface area contributed by atoms with Crippen LogP contribution in [0.25, 0.3) is 0 Å². The first kappa shape index (κ1) is 7.98. The molecule has 0 fully saturated rings. The van der Waals surface area contributed by atoms with Crippen LogP contribution in [0.1, 0.15) is 19.8 Å². The fraction of sp³-hybridized carbons (Fsp3) is 0.500. The molecule has 1 aliphatic carbocycles. The number of ether oxygens (including phenoxy) is 1. The Morgan fingerprint density at radius 2 is 2.18 bits per heavy atom. The highest BCUT2D eigenvalue weighted by Crippen LogP contribution is 2.11. The van der Waals surface area contributed by atoms with Gasteiger partial charge in [-0.25, -0.2) is 0 Å². The molecular formula is C8H10O3. The number of ketones is 2. The molecule has 0 aliphatic heterocycles. The molecule has 0 aromatic heterocycles. The molecule has 0 bridgehead atoms. The number of hydrogen-bond donors (Lipinski definition) is 0. The fourth-order valence-electron chi connectivity index (χ4n) is 0.936. The molecule has 1 rings (SSSR count).